The average molecular weight is 307 g/mol. The molecule has 0 spiro atoms. The minimum absolute atomic E-state index is 0.0769. The van der Waals surface area contributed by atoms with Gasteiger partial charge in [0.2, 0.25) is 0 Å². The van der Waals surface area contributed by atoms with E-state index in [2.05, 4.69) is 22.0 Å². The predicted octanol–water partition coefficient (Wildman–Crippen LogP) is 4.70. The first-order chi connectivity index (χ1) is 8.20. The van der Waals surface area contributed by atoms with Crippen molar-refractivity contribution in [2.45, 2.75) is 4.83 Å². The maximum absolute atomic E-state index is 8.87. The van der Waals surface area contributed by atoms with Gasteiger partial charge in [0.1, 0.15) is 0 Å². The summed E-state index contributed by atoms with van der Waals surface area (Å²) in [4.78, 5) is 0.0769. The molecular weight excluding hydrogens is 298 g/mol. The van der Waals surface area contributed by atoms with Gasteiger partial charge in [0.15, 0.2) is 0 Å². The molecule has 0 aliphatic heterocycles. The van der Waals surface area contributed by atoms with Crippen LogP contribution < -0.4 is 0 Å². The molecule has 3 heteroatoms. The quantitative estimate of drug-likeness (QED) is 0.738. The summed E-state index contributed by atoms with van der Waals surface area (Å²) in [5.41, 5.74) is 2.84. The lowest BCUT2D eigenvalue weighted by atomic mass is 10.0. The highest BCUT2D eigenvalue weighted by Crippen LogP contribution is 2.31. The van der Waals surface area contributed by atoms with Gasteiger partial charge in [0.25, 0.3) is 0 Å². The zero-order valence-electron chi connectivity index (χ0n) is 8.90. The molecule has 0 radical (unpaired) electrons. The van der Waals surface area contributed by atoms with Gasteiger partial charge in [-0.05, 0) is 35.4 Å². The summed E-state index contributed by atoms with van der Waals surface area (Å²) in [6, 6.07) is 17.4. The van der Waals surface area contributed by atoms with Gasteiger partial charge in [-0.2, -0.15) is 5.26 Å². The van der Waals surface area contributed by atoms with E-state index in [1.165, 1.54) is 0 Å². The molecule has 0 aliphatic carbocycles. The highest BCUT2D eigenvalue weighted by atomic mass is 79.9. The third-order valence-electron chi connectivity index (χ3n) is 2.47. The van der Waals surface area contributed by atoms with E-state index >= 15 is 0 Å². The molecule has 0 amide bonds. The SMILES string of the molecule is N#Cc1cccc(C(Br)c2ccc(Cl)cc2)c1. The van der Waals surface area contributed by atoms with Gasteiger partial charge < -0.3 is 0 Å². The van der Waals surface area contributed by atoms with Crippen LogP contribution in [0.3, 0.4) is 0 Å². The molecule has 2 aromatic carbocycles. The van der Waals surface area contributed by atoms with Crippen LogP contribution in [0.4, 0.5) is 0 Å². The van der Waals surface area contributed by atoms with Gasteiger partial charge >= 0.3 is 0 Å². The number of rotatable bonds is 2. The fourth-order valence-electron chi connectivity index (χ4n) is 1.59. The van der Waals surface area contributed by atoms with E-state index in [-0.39, 0.29) is 4.83 Å². The van der Waals surface area contributed by atoms with Gasteiger partial charge in [-0.25, -0.2) is 0 Å². The van der Waals surface area contributed by atoms with E-state index in [9.17, 15) is 0 Å². The van der Waals surface area contributed by atoms with Crippen LogP contribution in [0, 0.1) is 11.3 Å². The number of nitrogens with zero attached hydrogens (tertiary/aromatic N) is 1. The van der Waals surface area contributed by atoms with Gasteiger partial charge in [-0.1, -0.05) is 51.8 Å². The Morgan fingerprint density at radius 2 is 1.76 bits per heavy atom. The Balaban J connectivity index is 2.33. The molecule has 0 aromatic heterocycles. The Morgan fingerprint density at radius 3 is 2.41 bits per heavy atom. The highest BCUT2D eigenvalue weighted by molar-refractivity contribution is 9.09. The molecule has 0 N–H and O–H groups in total. The van der Waals surface area contributed by atoms with Crippen molar-refractivity contribution in [2.75, 3.05) is 0 Å². The van der Waals surface area contributed by atoms with E-state index in [0.717, 1.165) is 16.1 Å². The van der Waals surface area contributed by atoms with Crippen molar-refractivity contribution in [1.29, 1.82) is 5.26 Å². The summed E-state index contributed by atoms with van der Waals surface area (Å²) in [5.74, 6) is 0. The first kappa shape index (κ1) is 12.2. The lowest BCUT2D eigenvalue weighted by Gasteiger charge is -2.10. The van der Waals surface area contributed by atoms with Crippen LogP contribution in [0.1, 0.15) is 21.5 Å². The van der Waals surface area contributed by atoms with Gasteiger partial charge in [-0.3, -0.25) is 0 Å². The average Bonchev–Trinajstić information content (AvgIpc) is 2.39. The Hall–Kier alpha value is -1.30. The largest absolute Gasteiger partial charge is 0.192 e. The summed E-state index contributed by atoms with van der Waals surface area (Å²) >= 11 is 9.48. The zero-order chi connectivity index (χ0) is 12.3. The lowest BCUT2D eigenvalue weighted by molar-refractivity contribution is 1.17. The van der Waals surface area contributed by atoms with Gasteiger partial charge in [0.05, 0.1) is 16.5 Å². The second kappa shape index (κ2) is 5.35. The summed E-state index contributed by atoms with van der Waals surface area (Å²) in [5, 5.41) is 9.59. The Morgan fingerprint density at radius 1 is 1.06 bits per heavy atom. The third-order valence-corrected chi connectivity index (χ3v) is 3.78. The fourth-order valence-corrected chi connectivity index (χ4v) is 2.31. The molecule has 1 unspecified atom stereocenters. The number of alkyl halides is 1. The maximum Gasteiger partial charge on any atom is 0.0991 e. The van der Waals surface area contributed by atoms with Crippen LogP contribution >= 0.6 is 27.5 Å². The first-order valence-corrected chi connectivity index (χ1v) is 6.39. The van der Waals surface area contributed by atoms with Crippen LogP contribution in [0.15, 0.2) is 48.5 Å². The monoisotopic (exact) mass is 305 g/mol. The van der Waals surface area contributed by atoms with Crippen LogP contribution in [0.2, 0.25) is 5.02 Å². The standard InChI is InChI=1S/C14H9BrClN/c15-14(11-4-6-13(16)7-5-11)12-3-1-2-10(8-12)9-17/h1-8,14H. The number of benzene rings is 2. The minimum atomic E-state index is 0.0769. The molecular formula is C14H9BrClN. The zero-order valence-corrected chi connectivity index (χ0v) is 11.2. The van der Waals surface area contributed by atoms with Crippen molar-refractivity contribution in [1.82, 2.24) is 0 Å². The molecule has 1 atom stereocenters. The maximum atomic E-state index is 8.87. The van der Waals surface area contributed by atoms with Crippen LogP contribution in [-0.2, 0) is 0 Å². The molecule has 0 heterocycles. The number of nitriles is 1. The van der Waals surface area contributed by atoms with Crippen molar-refractivity contribution in [3.8, 4) is 6.07 Å². The summed E-state index contributed by atoms with van der Waals surface area (Å²) in [6.07, 6.45) is 0. The van der Waals surface area contributed by atoms with E-state index in [1.54, 1.807) is 6.07 Å². The molecule has 0 bridgehead atoms. The number of halogens is 2. The Kier molecular flexibility index (Phi) is 3.83. The topological polar surface area (TPSA) is 23.8 Å². The molecule has 0 fully saturated rings. The van der Waals surface area contributed by atoms with Crippen molar-refractivity contribution in [3.63, 3.8) is 0 Å². The van der Waals surface area contributed by atoms with E-state index in [0.29, 0.717) is 5.56 Å². The van der Waals surface area contributed by atoms with Crippen LogP contribution in [0.25, 0.3) is 0 Å². The van der Waals surface area contributed by atoms with Gasteiger partial charge in [0, 0.05) is 5.02 Å². The number of hydrogen-bond acceptors (Lipinski definition) is 1. The van der Waals surface area contributed by atoms with E-state index < -0.39 is 0 Å². The normalized spacial score (nSPS) is 11.8. The minimum Gasteiger partial charge on any atom is -0.192 e. The van der Waals surface area contributed by atoms with Crippen molar-refractivity contribution >= 4 is 27.5 Å². The van der Waals surface area contributed by atoms with Crippen LogP contribution in [0.5, 0.6) is 0 Å². The fraction of sp³-hybridized carbons (Fsp3) is 0.0714. The molecule has 1 nitrogen and oxygen atoms in total. The molecule has 17 heavy (non-hydrogen) atoms. The second-order valence-corrected chi connectivity index (χ2v) is 5.00. The Labute approximate surface area is 114 Å². The van der Waals surface area contributed by atoms with E-state index in [1.807, 2.05) is 42.5 Å². The molecule has 2 rings (SSSR count). The van der Waals surface area contributed by atoms with Gasteiger partial charge in [-0.15, -0.1) is 0 Å². The number of hydrogen-bond donors (Lipinski definition) is 0. The summed E-state index contributed by atoms with van der Waals surface area (Å²) in [6.45, 7) is 0. The first-order valence-electron chi connectivity index (χ1n) is 5.10. The summed E-state index contributed by atoms with van der Waals surface area (Å²) < 4.78 is 0. The van der Waals surface area contributed by atoms with Crippen molar-refractivity contribution in [2.24, 2.45) is 0 Å². The summed E-state index contributed by atoms with van der Waals surface area (Å²) in [7, 11) is 0. The highest BCUT2D eigenvalue weighted by Gasteiger charge is 2.10. The molecule has 2 aromatic rings. The Bertz CT molecular complexity index is 557. The smallest absolute Gasteiger partial charge is 0.0991 e. The third kappa shape index (κ3) is 2.88. The molecule has 0 aliphatic rings. The van der Waals surface area contributed by atoms with Crippen LogP contribution in [-0.4, -0.2) is 0 Å². The predicted molar refractivity (Wildman–Crippen MR) is 73.4 cm³/mol. The van der Waals surface area contributed by atoms with Crippen molar-refractivity contribution < 1.29 is 0 Å². The molecule has 0 saturated heterocycles. The van der Waals surface area contributed by atoms with Crippen molar-refractivity contribution in [3.05, 3.63) is 70.2 Å². The molecule has 0 saturated carbocycles. The second-order valence-electron chi connectivity index (χ2n) is 3.65. The van der Waals surface area contributed by atoms with E-state index in [4.69, 9.17) is 16.9 Å². The molecule has 84 valence electrons. The lowest BCUT2D eigenvalue weighted by Crippen LogP contribution is -1.92.